The van der Waals surface area contributed by atoms with Crippen molar-refractivity contribution in [2.24, 2.45) is 0 Å². The van der Waals surface area contributed by atoms with Crippen molar-refractivity contribution in [3.05, 3.63) is 22.5 Å². The first-order chi connectivity index (χ1) is 7.06. The summed E-state index contributed by atoms with van der Waals surface area (Å²) in [6.45, 7) is -0.0934. The molecule has 0 fully saturated rings. The quantitative estimate of drug-likeness (QED) is 0.591. The molecule has 1 amide bonds. The Labute approximate surface area is 89.9 Å². The predicted molar refractivity (Wildman–Crippen MR) is 52.2 cm³/mol. The summed E-state index contributed by atoms with van der Waals surface area (Å²) >= 11 is 5.58. The van der Waals surface area contributed by atoms with Gasteiger partial charge in [-0.1, -0.05) is 11.6 Å². The van der Waals surface area contributed by atoms with Crippen molar-refractivity contribution in [3.63, 3.8) is 0 Å². The number of carboxylic acids is 1. The van der Waals surface area contributed by atoms with E-state index in [9.17, 15) is 9.59 Å². The topological polar surface area (TPSA) is 102 Å². The molecule has 0 aliphatic heterocycles. The number of amides is 1. The fourth-order valence-corrected chi connectivity index (χ4v) is 1.21. The van der Waals surface area contributed by atoms with Gasteiger partial charge in [-0.2, -0.15) is 0 Å². The second-order valence-electron chi connectivity index (χ2n) is 2.69. The molecule has 6 nitrogen and oxygen atoms in total. The minimum absolute atomic E-state index is 0.0309. The lowest BCUT2D eigenvalue weighted by molar-refractivity contribution is 0.0691. The van der Waals surface area contributed by atoms with Crippen LogP contribution in [-0.2, 0) is 0 Å². The summed E-state index contributed by atoms with van der Waals surface area (Å²) in [5, 5.41) is 19.4. The third-order valence-corrected chi connectivity index (χ3v) is 1.92. The lowest BCUT2D eigenvalue weighted by atomic mass is 10.4. The molecular formula is C8H9ClN2O4. The normalized spacial score (nSPS) is 10.0. The number of rotatable bonds is 4. The van der Waals surface area contributed by atoms with E-state index in [0.29, 0.717) is 0 Å². The molecule has 0 aromatic carbocycles. The number of aromatic nitrogens is 1. The van der Waals surface area contributed by atoms with E-state index in [0.717, 1.165) is 0 Å². The first kappa shape index (κ1) is 11.5. The van der Waals surface area contributed by atoms with E-state index in [4.69, 9.17) is 21.8 Å². The van der Waals surface area contributed by atoms with Crippen LogP contribution in [0.1, 0.15) is 21.0 Å². The number of halogens is 1. The molecule has 0 aliphatic rings. The van der Waals surface area contributed by atoms with Crippen molar-refractivity contribution < 1.29 is 19.8 Å². The molecular weight excluding hydrogens is 224 g/mol. The highest BCUT2D eigenvalue weighted by Crippen LogP contribution is 2.16. The highest BCUT2D eigenvalue weighted by atomic mass is 35.5. The number of carbonyl (C=O) groups is 2. The minimum atomic E-state index is -1.23. The second-order valence-corrected chi connectivity index (χ2v) is 3.10. The maximum absolute atomic E-state index is 11.3. The Morgan fingerprint density at radius 2 is 2.20 bits per heavy atom. The number of carboxylic acid groups (broad SMARTS) is 1. The molecule has 1 aromatic rings. The van der Waals surface area contributed by atoms with E-state index in [2.05, 4.69) is 10.3 Å². The van der Waals surface area contributed by atoms with Gasteiger partial charge in [0.15, 0.2) is 0 Å². The van der Waals surface area contributed by atoms with Gasteiger partial charge < -0.3 is 20.5 Å². The minimum Gasteiger partial charge on any atom is -0.477 e. The second kappa shape index (κ2) is 4.81. The SMILES string of the molecule is O=C(NCCO)c1cc(Cl)c(C(=O)O)[nH]1. The summed E-state index contributed by atoms with van der Waals surface area (Å²) in [4.78, 5) is 24.2. The van der Waals surface area contributed by atoms with Crippen LogP contribution in [0.4, 0.5) is 0 Å². The fourth-order valence-electron chi connectivity index (χ4n) is 0.972. The molecule has 1 rings (SSSR count). The smallest absolute Gasteiger partial charge is 0.353 e. The van der Waals surface area contributed by atoms with E-state index in [1.807, 2.05) is 0 Å². The number of hydrogen-bond donors (Lipinski definition) is 4. The number of carbonyl (C=O) groups excluding carboxylic acids is 1. The van der Waals surface area contributed by atoms with Crippen LogP contribution in [0, 0.1) is 0 Å². The van der Waals surface area contributed by atoms with Crippen molar-refractivity contribution in [2.75, 3.05) is 13.2 Å². The van der Waals surface area contributed by atoms with E-state index in [1.54, 1.807) is 0 Å². The fraction of sp³-hybridized carbons (Fsp3) is 0.250. The standard InChI is InChI=1S/C8H9ClN2O4/c9-4-3-5(7(13)10-1-2-12)11-6(4)8(14)15/h3,11-12H,1-2H2,(H,10,13)(H,14,15). The average molecular weight is 233 g/mol. The van der Waals surface area contributed by atoms with Crippen LogP contribution < -0.4 is 5.32 Å². The highest BCUT2D eigenvalue weighted by Gasteiger charge is 2.16. The Balaban J connectivity index is 2.83. The van der Waals surface area contributed by atoms with Gasteiger partial charge >= 0.3 is 5.97 Å². The van der Waals surface area contributed by atoms with Crippen LogP contribution in [0.2, 0.25) is 5.02 Å². The van der Waals surface area contributed by atoms with E-state index in [1.165, 1.54) is 6.07 Å². The molecule has 0 radical (unpaired) electrons. The summed E-state index contributed by atoms with van der Waals surface area (Å²) < 4.78 is 0. The number of aromatic amines is 1. The monoisotopic (exact) mass is 232 g/mol. The summed E-state index contributed by atoms with van der Waals surface area (Å²) in [7, 11) is 0. The number of nitrogens with one attached hydrogen (secondary N) is 2. The van der Waals surface area contributed by atoms with E-state index < -0.39 is 11.9 Å². The van der Waals surface area contributed by atoms with Crippen LogP contribution in [0.15, 0.2) is 6.07 Å². The first-order valence-electron chi connectivity index (χ1n) is 4.07. The Hall–Kier alpha value is -1.53. The van der Waals surface area contributed by atoms with Crippen LogP contribution in [-0.4, -0.2) is 40.2 Å². The van der Waals surface area contributed by atoms with Gasteiger partial charge in [0.2, 0.25) is 0 Å². The molecule has 0 aliphatic carbocycles. The maximum atomic E-state index is 11.3. The summed E-state index contributed by atoms with van der Waals surface area (Å²) in [5.74, 6) is -1.75. The molecule has 15 heavy (non-hydrogen) atoms. The zero-order chi connectivity index (χ0) is 11.4. The summed E-state index contributed by atoms with van der Waals surface area (Å²) in [6.07, 6.45) is 0. The van der Waals surface area contributed by atoms with Gasteiger partial charge in [0.05, 0.1) is 11.6 Å². The summed E-state index contributed by atoms with van der Waals surface area (Å²) in [5.41, 5.74) is -0.184. The van der Waals surface area contributed by atoms with Crippen LogP contribution in [0.25, 0.3) is 0 Å². The molecule has 0 bridgehead atoms. The van der Waals surface area contributed by atoms with Crippen LogP contribution >= 0.6 is 11.6 Å². The Bertz CT molecular complexity index is 388. The molecule has 0 saturated carbocycles. The molecule has 0 saturated heterocycles. The van der Waals surface area contributed by atoms with Gasteiger partial charge in [-0.05, 0) is 6.07 Å². The largest absolute Gasteiger partial charge is 0.477 e. The summed E-state index contributed by atoms with van der Waals surface area (Å²) in [6, 6.07) is 1.22. The lowest BCUT2D eigenvalue weighted by Gasteiger charge is -1.99. The number of aromatic carboxylic acids is 1. The Morgan fingerprint density at radius 3 is 2.67 bits per heavy atom. The van der Waals surface area contributed by atoms with Gasteiger partial charge in [-0.15, -0.1) is 0 Å². The molecule has 1 heterocycles. The number of aliphatic hydroxyl groups is 1. The van der Waals surface area contributed by atoms with Crippen molar-refractivity contribution >= 4 is 23.5 Å². The maximum Gasteiger partial charge on any atom is 0.353 e. The zero-order valence-electron chi connectivity index (χ0n) is 7.58. The first-order valence-corrected chi connectivity index (χ1v) is 4.45. The van der Waals surface area contributed by atoms with E-state index in [-0.39, 0.29) is 29.6 Å². The Kier molecular flexibility index (Phi) is 3.70. The molecule has 1 aromatic heterocycles. The number of aliphatic hydroxyl groups excluding tert-OH is 1. The molecule has 0 unspecified atom stereocenters. The van der Waals surface area contributed by atoms with Gasteiger partial charge in [0, 0.05) is 6.54 Å². The predicted octanol–water partition coefficient (Wildman–Crippen LogP) is 0.0884. The van der Waals surface area contributed by atoms with Crippen LogP contribution in [0.5, 0.6) is 0 Å². The van der Waals surface area contributed by atoms with Gasteiger partial charge in [-0.25, -0.2) is 4.79 Å². The highest BCUT2D eigenvalue weighted by molar-refractivity contribution is 6.33. The van der Waals surface area contributed by atoms with Crippen LogP contribution in [0.3, 0.4) is 0 Å². The molecule has 82 valence electrons. The van der Waals surface area contributed by atoms with Gasteiger partial charge in [0.1, 0.15) is 11.4 Å². The molecule has 4 N–H and O–H groups in total. The van der Waals surface area contributed by atoms with Crippen molar-refractivity contribution in [1.82, 2.24) is 10.3 Å². The molecule has 0 spiro atoms. The van der Waals surface area contributed by atoms with Gasteiger partial charge in [0.25, 0.3) is 5.91 Å². The third-order valence-electron chi connectivity index (χ3n) is 1.63. The average Bonchev–Trinajstić information content (AvgIpc) is 2.56. The third kappa shape index (κ3) is 2.71. The van der Waals surface area contributed by atoms with E-state index >= 15 is 0 Å². The zero-order valence-corrected chi connectivity index (χ0v) is 8.34. The van der Waals surface area contributed by atoms with Crippen molar-refractivity contribution in [2.45, 2.75) is 0 Å². The van der Waals surface area contributed by atoms with Gasteiger partial charge in [-0.3, -0.25) is 4.79 Å². The lowest BCUT2D eigenvalue weighted by Crippen LogP contribution is -2.26. The number of hydrogen-bond acceptors (Lipinski definition) is 3. The van der Waals surface area contributed by atoms with Crippen molar-refractivity contribution in [3.8, 4) is 0 Å². The molecule has 7 heteroatoms. The molecule has 0 atom stereocenters. The van der Waals surface area contributed by atoms with Crippen molar-refractivity contribution in [1.29, 1.82) is 0 Å². The Morgan fingerprint density at radius 1 is 1.53 bits per heavy atom. The number of H-pyrrole nitrogens is 1.